The third-order valence-corrected chi connectivity index (χ3v) is 3.45. The summed E-state index contributed by atoms with van der Waals surface area (Å²) in [7, 11) is 0. The van der Waals surface area contributed by atoms with Gasteiger partial charge >= 0.3 is 0 Å². The maximum Gasteiger partial charge on any atom is 0.223 e. The number of hydrogen-bond acceptors (Lipinski definition) is 4. The minimum absolute atomic E-state index is 0. The molecule has 3 unspecified atom stereocenters. The molecule has 3 N–H and O–H groups in total. The maximum atomic E-state index is 12.1. The largest absolute Gasteiger partial charge is 0.444 e. The second-order valence-electron chi connectivity index (χ2n) is 5.16. The van der Waals surface area contributed by atoms with E-state index >= 15 is 0 Å². The molecule has 1 aromatic rings. The molecule has 1 saturated carbocycles. The van der Waals surface area contributed by atoms with E-state index in [-0.39, 0.29) is 36.3 Å². The number of aryl methyl sites for hydroxylation is 1. The molecule has 5 nitrogen and oxygen atoms in total. The number of carbonyl (C=O) groups is 1. The SMILES string of the molecule is Cc1cnc(C(C)NC(=O)C2CCCC(N)C2)o1.Cl. The highest BCUT2D eigenvalue weighted by molar-refractivity contribution is 5.85. The first-order chi connectivity index (χ1) is 8.56. The number of oxazole rings is 1. The topological polar surface area (TPSA) is 81.2 Å². The highest BCUT2D eigenvalue weighted by Crippen LogP contribution is 2.24. The lowest BCUT2D eigenvalue weighted by molar-refractivity contribution is -0.126. The summed E-state index contributed by atoms with van der Waals surface area (Å²) in [5, 5.41) is 2.95. The molecule has 0 aromatic carbocycles. The van der Waals surface area contributed by atoms with Crippen LogP contribution in [0.2, 0.25) is 0 Å². The van der Waals surface area contributed by atoms with Crippen molar-refractivity contribution in [2.75, 3.05) is 0 Å². The second-order valence-corrected chi connectivity index (χ2v) is 5.16. The molecule has 1 aliphatic carbocycles. The van der Waals surface area contributed by atoms with Crippen molar-refractivity contribution < 1.29 is 9.21 Å². The van der Waals surface area contributed by atoms with Crippen molar-refractivity contribution in [3.63, 3.8) is 0 Å². The van der Waals surface area contributed by atoms with E-state index in [1.54, 1.807) is 6.20 Å². The van der Waals surface area contributed by atoms with Crippen molar-refractivity contribution in [3.8, 4) is 0 Å². The highest BCUT2D eigenvalue weighted by atomic mass is 35.5. The van der Waals surface area contributed by atoms with Gasteiger partial charge in [0.15, 0.2) is 0 Å². The van der Waals surface area contributed by atoms with Gasteiger partial charge in [-0.05, 0) is 33.1 Å². The number of nitrogens with one attached hydrogen (secondary N) is 1. The predicted molar refractivity (Wildman–Crippen MR) is 75.0 cm³/mol. The molecule has 1 fully saturated rings. The van der Waals surface area contributed by atoms with Crippen LogP contribution in [0.15, 0.2) is 10.6 Å². The van der Waals surface area contributed by atoms with Gasteiger partial charge in [0.1, 0.15) is 11.8 Å². The average molecular weight is 288 g/mol. The number of nitrogens with zero attached hydrogens (tertiary/aromatic N) is 1. The monoisotopic (exact) mass is 287 g/mol. The van der Waals surface area contributed by atoms with E-state index < -0.39 is 0 Å². The zero-order valence-corrected chi connectivity index (χ0v) is 12.2. The summed E-state index contributed by atoms with van der Waals surface area (Å²) in [6, 6.07) is -0.0295. The van der Waals surface area contributed by atoms with Gasteiger partial charge in [-0.25, -0.2) is 4.98 Å². The summed E-state index contributed by atoms with van der Waals surface area (Å²) in [4.78, 5) is 16.2. The number of aromatic nitrogens is 1. The number of amides is 1. The minimum Gasteiger partial charge on any atom is -0.444 e. The molecule has 1 amide bonds. The molecule has 3 atom stereocenters. The molecule has 19 heavy (non-hydrogen) atoms. The predicted octanol–water partition coefficient (Wildman–Crippen LogP) is 2.10. The number of rotatable bonds is 3. The summed E-state index contributed by atoms with van der Waals surface area (Å²) in [6.07, 6.45) is 5.43. The lowest BCUT2D eigenvalue weighted by Gasteiger charge is -2.26. The van der Waals surface area contributed by atoms with Crippen LogP contribution in [-0.2, 0) is 4.79 Å². The first-order valence-corrected chi connectivity index (χ1v) is 6.54. The molecule has 0 radical (unpaired) electrons. The summed E-state index contributed by atoms with van der Waals surface area (Å²) >= 11 is 0. The molecule has 6 heteroatoms. The van der Waals surface area contributed by atoms with Crippen LogP contribution in [0.1, 0.15) is 50.3 Å². The summed E-state index contributed by atoms with van der Waals surface area (Å²) in [6.45, 7) is 3.72. The summed E-state index contributed by atoms with van der Waals surface area (Å²) < 4.78 is 5.40. The molecule has 0 spiro atoms. The Morgan fingerprint density at radius 3 is 2.89 bits per heavy atom. The Morgan fingerprint density at radius 2 is 2.32 bits per heavy atom. The van der Waals surface area contributed by atoms with E-state index in [0.717, 1.165) is 31.4 Å². The second kappa shape index (κ2) is 6.91. The van der Waals surface area contributed by atoms with Gasteiger partial charge in [0.25, 0.3) is 0 Å². The fourth-order valence-electron chi connectivity index (χ4n) is 2.43. The molecule has 2 rings (SSSR count). The normalized spacial score (nSPS) is 24.4. The Bertz CT molecular complexity index is 422. The zero-order valence-electron chi connectivity index (χ0n) is 11.4. The van der Waals surface area contributed by atoms with Crippen LogP contribution in [0.4, 0.5) is 0 Å². The van der Waals surface area contributed by atoms with Gasteiger partial charge in [0.2, 0.25) is 11.8 Å². The Balaban J connectivity index is 0.00000180. The fourth-order valence-corrected chi connectivity index (χ4v) is 2.43. The third-order valence-electron chi connectivity index (χ3n) is 3.45. The van der Waals surface area contributed by atoms with E-state index in [1.165, 1.54) is 0 Å². The van der Waals surface area contributed by atoms with Crippen LogP contribution in [0.3, 0.4) is 0 Å². The smallest absolute Gasteiger partial charge is 0.223 e. The molecule has 0 saturated heterocycles. The van der Waals surface area contributed by atoms with Gasteiger partial charge in [0, 0.05) is 12.0 Å². The van der Waals surface area contributed by atoms with Crippen LogP contribution >= 0.6 is 12.4 Å². The quantitative estimate of drug-likeness (QED) is 0.892. The molecular weight excluding hydrogens is 266 g/mol. The zero-order chi connectivity index (χ0) is 13.1. The Hall–Kier alpha value is -1.07. The lowest BCUT2D eigenvalue weighted by Crippen LogP contribution is -2.38. The highest BCUT2D eigenvalue weighted by Gasteiger charge is 2.27. The van der Waals surface area contributed by atoms with Crippen molar-refractivity contribution in [3.05, 3.63) is 17.8 Å². The van der Waals surface area contributed by atoms with Gasteiger partial charge < -0.3 is 15.5 Å². The van der Waals surface area contributed by atoms with E-state index in [0.29, 0.717) is 5.89 Å². The molecule has 1 aliphatic rings. The lowest BCUT2D eigenvalue weighted by atomic mass is 9.85. The minimum atomic E-state index is -0.190. The van der Waals surface area contributed by atoms with E-state index in [1.807, 2.05) is 13.8 Å². The van der Waals surface area contributed by atoms with Gasteiger partial charge in [-0.3, -0.25) is 4.79 Å². The summed E-state index contributed by atoms with van der Waals surface area (Å²) in [5.41, 5.74) is 5.90. The molecule has 0 bridgehead atoms. The number of halogens is 1. The maximum absolute atomic E-state index is 12.1. The summed E-state index contributed by atoms with van der Waals surface area (Å²) in [5.74, 6) is 1.41. The third kappa shape index (κ3) is 4.21. The van der Waals surface area contributed by atoms with Gasteiger partial charge in [0.05, 0.1) is 6.20 Å². The van der Waals surface area contributed by atoms with Crippen molar-refractivity contribution in [2.45, 2.75) is 51.6 Å². The van der Waals surface area contributed by atoms with Crippen molar-refractivity contribution >= 4 is 18.3 Å². The van der Waals surface area contributed by atoms with Crippen molar-refractivity contribution in [2.24, 2.45) is 11.7 Å². The first kappa shape index (κ1) is 16.0. The standard InChI is InChI=1S/C13H21N3O2.ClH/c1-8-7-15-13(18-8)9(2)16-12(17)10-4-3-5-11(14)6-10;/h7,9-11H,3-6,14H2,1-2H3,(H,16,17);1H. The molecule has 108 valence electrons. The molecule has 1 aromatic heterocycles. The van der Waals surface area contributed by atoms with E-state index in [9.17, 15) is 4.79 Å². The van der Waals surface area contributed by atoms with Gasteiger partial charge in [-0.15, -0.1) is 12.4 Å². The van der Waals surface area contributed by atoms with E-state index in [4.69, 9.17) is 10.2 Å². The first-order valence-electron chi connectivity index (χ1n) is 6.54. The number of carbonyl (C=O) groups excluding carboxylic acids is 1. The fraction of sp³-hybridized carbons (Fsp3) is 0.692. The van der Waals surface area contributed by atoms with Gasteiger partial charge in [-0.2, -0.15) is 0 Å². The Kier molecular flexibility index (Phi) is 5.82. The Labute approximate surface area is 119 Å². The van der Waals surface area contributed by atoms with Crippen molar-refractivity contribution in [1.29, 1.82) is 0 Å². The average Bonchev–Trinajstić information content (AvgIpc) is 2.76. The van der Waals surface area contributed by atoms with Crippen molar-refractivity contribution in [1.82, 2.24) is 10.3 Å². The molecule has 0 aliphatic heterocycles. The number of nitrogens with two attached hydrogens (primary N) is 1. The Morgan fingerprint density at radius 1 is 1.58 bits per heavy atom. The molecule has 1 heterocycles. The van der Waals surface area contributed by atoms with Crippen LogP contribution in [0.25, 0.3) is 0 Å². The van der Waals surface area contributed by atoms with Crippen LogP contribution in [-0.4, -0.2) is 16.9 Å². The van der Waals surface area contributed by atoms with Crippen LogP contribution < -0.4 is 11.1 Å². The number of hydrogen-bond donors (Lipinski definition) is 2. The van der Waals surface area contributed by atoms with E-state index in [2.05, 4.69) is 10.3 Å². The van der Waals surface area contributed by atoms with Crippen LogP contribution in [0, 0.1) is 12.8 Å². The van der Waals surface area contributed by atoms with Crippen LogP contribution in [0.5, 0.6) is 0 Å². The molecular formula is C13H22ClN3O2. The van der Waals surface area contributed by atoms with Gasteiger partial charge in [-0.1, -0.05) is 6.42 Å².